The number of carbonyl (C=O) groups excluding carboxylic acids is 2. The molecular formula is C12H19N2O15P3. The first-order valence-corrected chi connectivity index (χ1v) is 13.1. The number of nitrogens with one attached hydrogen (secondary N) is 1. The van der Waals surface area contributed by atoms with Gasteiger partial charge in [0.15, 0.2) is 6.23 Å². The van der Waals surface area contributed by atoms with Crippen molar-refractivity contribution in [3.63, 3.8) is 0 Å². The molecule has 3 heterocycles. The topological polar surface area (TPSA) is 237 Å². The molecule has 6 atom stereocenters. The quantitative estimate of drug-likeness (QED) is 0.200. The van der Waals surface area contributed by atoms with Gasteiger partial charge in [0.05, 0.1) is 26.8 Å². The number of carbonyl (C=O) groups is 2. The fourth-order valence-electron chi connectivity index (χ4n) is 2.88. The Labute approximate surface area is 179 Å². The van der Waals surface area contributed by atoms with Crippen molar-refractivity contribution in [3.8, 4) is 0 Å². The van der Waals surface area contributed by atoms with Crippen molar-refractivity contribution in [1.29, 1.82) is 0 Å². The second kappa shape index (κ2) is 9.22. The lowest BCUT2D eigenvalue weighted by atomic mass is 10.1. The average molecular weight is 524 g/mol. The van der Waals surface area contributed by atoms with Gasteiger partial charge in [-0.25, -0.2) is 13.7 Å². The third kappa shape index (κ3) is 5.83. The van der Waals surface area contributed by atoms with Gasteiger partial charge in [-0.05, 0) is 0 Å². The van der Waals surface area contributed by atoms with Crippen molar-refractivity contribution >= 4 is 35.3 Å². The number of nitrogens with zero attached hydrogens (tertiary/aromatic N) is 1. The summed E-state index contributed by atoms with van der Waals surface area (Å²) in [4.78, 5) is 43.0. The van der Waals surface area contributed by atoms with Crippen LogP contribution in [0.1, 0.15) is 6.42 Å². The molecule has 3 aliphatic heterocycles. The van der Waals surface area contributed by atoms with Gasteiger partial charge in [0, 0.05) is 11.8 Å². The molecule has 0 spiro atoms. The van der Waals surface area contributed by atoms with Gasteiger partial charge in [-0.1, -0.05) is 0 Å². The van der Waals surface area contributed by atoms with Crippen LogP contribution in [-0.2, 0) is 50.2 Å². The Bertz CT molecular complexity index is 926. The molecule has 32 heavy (non-hydrogen) atoms. The molecule has 0 aromatic heterocycles. The molecule has 2 fully saturated rings. The molecule has 5 N–H and O–H groups in total. The minimum Gasteiger partial charge on any atom is -0.469 e. The number of rotatable bonds is 6. The summed E-state index contributed by atoms with van der Waals surface area (Å²) in [5, 5.41) is 22.9. The number of aliphatic hydroxyl groups excluding tert-OH is 2. The summed E-state index contributed by atoms with van der Waals surface area (Å²) < 4.78 is 61.7. The van der Waals surface area contributed by atoms with Gasteiger partial charge < -0.3 is 39.7 Å². The first kappa shape index (κ1) is 25.4. The molecule has 1 amide bonds. The van der Waals surface area contributed by atoms with Crippen molar-refractivity contribution in [3.05, 3.63) is 11.8 Å². The molecule has 0 bridgehead atoms. The van der Waals surface area contributed by atoms with Crippen LogP contribution in [0.2, 0.25) is 0 Å². The van der Waals surface area contributed by atoms with Gasteiger partial charge in [-0.3, -0.25) is 14.1 Å². The lowest BCUT2D eigenvalue weighted by Gasteiger charge is -2.33. The molecule has 0 saturated carbocycles. The van der Waals surface area contributed by atoms with Crippen LogP contribution >= 0.6 is 23.5 Å². The van der Waals surface area contributed by atoms with E-state index in [9.17, 15) is 43.3 Å². The maximum absolute atomic E-state index is 12.3. The molecule has 4 unspecified atom stereocenters. The predicted molar refractivity (Wildman–Crippen MR) is 96.7 cm³/mol. The zero-order valence-electron chi connectivity index (χ0n) is 16.1. The van der Waals surface area contributed by atoms with E-state index in [1.54, 1.807) is 0 Å². The minimum atomic E-state index is -5.25. The van der Waals surface area contributed by atoms with Crippen molar-refractivity contribution in [1.82, 2.24) is 10.2 Å². The number of amides is 1. The van der Waals surface area contributed by atoms with E-state index in [4.69, 9.17) is 9.26 Å². The van der Waals surface area contributed by atoms with Crippen LogP contribution in [0.4, 0.5) is 0 Å². The Hall–Kier alpha value is -1.19. The van der Waals surface area contributed by atoms with Crippen molar-refractivity contribution in [2.24, 2.45) is 0 Å². The van der Waals surface area contributed by atoms with E-state index in [-0.39, 0.29) is 18.7 Å². The van der Waals surface area contributed by atoms with Crippen LogP contribution in [0.25, 0.3) is 0 Å². The van der Waals surface area contributed by atoms with Gasteiger partial charge in [0.2, 0.25) is 0 Å². The number of phosphoric acid groups is 3. The number of methoxy groups -OCH3 is 1. The molecular weight excluding hydrogens is 505 g/mol. The van der Waals surface area contributed by atoms with E-state index in [0.29, 0.717) is 0 Å². The zero-order valence-corrected chi connectivity index (χ0v) is 18.8. The van der Waals surface area contributed by atoms with E-state index >= 15 is 0 Å². The standard InChI is InChI=1S/C12H19N2O15P3/c1-24-8(15)2-6-3-14(5-13-11(6)18)12-10(17)9(16)7(26-12)4-25-32(23)28-30(19,20)27-31(21,22)29-32/h3,7,9-10,12,16-17H,2,4-5H2,1H3,(H,13,18)(H,19,20)(H,21,22)/t7-,9?,10?,12-/m1/s1. The summed E-state index contributed by atoms with van der Waals surface area (Å²) in [5.41, 5.74) is -0.0149. The van der Waals surface area contributed by atoms with Crippen LogP contribution in [0, 0.1) is 0 Å². The fraction of sp³-hybridized carbons (Fsp3) is 0.667. The number of hydrogen-bond acceptors (Lipinski definition) is 14. The summed E-state index contributed by atoms with van der Waals surface area (Å²) in [6, 6.07) is 0. The molecule has 0 aromatic rings. The zero-order chi connectivity index (χ0) is 23.9. The SMILES string of the molecule is COC(=O)CC1=CN([C@@H]2O[C@H](COP3(=O)OP(=O)(O)OP(=O)(O)O3)C(O)C2O)CNC1=O. The summed E-state index contributed by atoms with van der Waals surface area (Å²) in [6.45, 7) is -1.06. The predicted octanol–water partition coefficient (Wildman–Crippen LogP) is -1.34. The molecule has 0 radical (unpaired) electrons. The molecule has 182 valence electrons. The number of ether oxygens (including phenoxy) is 2. The highest BCUT2D eigenvalue weighted by molar-refractivity contribution is 7.74. The molecule has 2 saturated heterocycles. The first-order chi connectivity index (χ1) is 14.7. The van der Waals surface area contributed by atoms with E-state index in [1.807, 2.05) is 0 Å². The number of esters is 1. The smallest absolute Gasteiger partial charge is 0.469 e. The van der Waals surface area contributed by atoms with Crippen LogP contribution in [0.15, 0.2) is 11.8 Å². The Balaban J connectivity index is 1.68. The van der Waals surface area contributed by atoms with Crippen LogP contribution in [0.3, 0.4) is 0 Å². The monoisotopic (exact) mass is 524 g/mol. The Kier molecular flexibility index (Phi) is 7.33. The summed E-state index contributed by atoms with van der Waals surface area (Å²) in [6.07, 6.45) is -5.13. The Morgan fingerprint density at radius 3 is 2.41 bits per heavy atom. The summed E-state index contributed by atoms with van der Waals surface area (Å²) >= 11 is 0. The Morgan fingerprint density at radius 1 is 1.19 bits per heavy atom. The molecule has 20 heteroatoms. The second-order valence-electron chi connectivity index (χ2n) is 6.56. The minimum absolute atomic E-state index is 0.0149. The third-order valence-electron chi connectivity index (χ3n) is 4.27. The van der Waals surface area contributed by atoms with Crippen molar-refractivity contribution in [2.45, 2.75) is 31.0 Å². The molecule has 0 aliphatic carbocycles. The van der Waals surface area contributed by atoms with E-state index < -0.39 is 66.5 Å². The highest BCUT2D eigenvalue weighted by atomic mass is 31.3. The molecule has 3 rings (SSSR count). The van der Waals surface area contributed by atoms with E-state index in [1.165, 1.54) is 11.1 Å². The maximum atomic E-state index is 12.3. The number of hydrogen-bond donors (Lipinski definition) is 5. The van der Waals surface area contributed by atoms with Gasteiger partial charge in [0.25, 0.3) is 5.91 Å². The van der Waals surface area contributed by atoms with Gasteiger partial charge in [-0.15, -0.1) is 0 Å². The maximum Gasteiger partial charge on any atom is 0.492 e. The van der Waals surface area contributed by atoms with Gasteiger partial charge in [-0.2, -0.15) is 12.9 Å². The third-order valence-corrected chi connectivity index (χ3v) is 9.64. The number of aliphatic hydroxyl groups is 2. The van der Waals surface area contributed by atoms with Crippen molar-refractivity contribution in [2.75, 3.05) is 20.4 Å². The van der Waals surface area contributed by atoms with E-state index in [2.05, 4.69) is 23.0 Å². The molecule has 0 aromatic carbocycles. The second-order valence-corrected chi connectivity index (χ2v) is 11.5. The lowest BCUT2D eigenvalue weighted by Crippen LogP contribution is -2.49. The largest absolute Gasteiger partial charge is 0.492 e. The average Bonchev–Trinajstić information content (AvgIpc) is 2.93. The summed E-state index contributed by atoms with van der Waals surface area (Å²) in [5.74, 6) is -1.26. The lowest BCUT2D eigenvalue weighted by molar-refractivity contribution is -0.141. The van der Waals surface area contributed by atoms with Crippen LogP contribution in [0.5, 0.6) is 0 Å². The van der Waals surface area contributed by atoms with Crippen molar-refractivity contribution < 1.29 is 70.2 Å². The Morgan fingerprint density at radius 2 is 1.81 bits per heavy atom. The molecule has 3 aliphatic rings. The fourth-order valence-corrected chi connectivity index (χ4v) is 7.81. The van der Waals surface area contributed by atoms with Gasteiger partial charge in [0.1, 0.15) is 18.3 Å². The normalized spacial score (nSPS) is 42.3. The van der Waals surface area contributed by atoms with Gasteiger partial charge >= 0.3 is 29.4 Å². The van der Waals surface area contributed by atoms with Crippen LogP contribution in [-0.4, -0.2) is 81.7 Å². The van der Waals surface area contributed by atoms with Crippen LogP contribution < -0.4 is 5.32 Å². The molecule has 17 nitrogen and oxygen atoms in total. The highest BCUT2D eigenvalue weighted by Crippen LogP contribution is 2.80. The van der Waals surface area contributed by atoms with E-state index in [0.717, 1.165) is 7.11 Å². The highest BCUT2D eigenvalue weighted by Gasteiger charge is 2.55. The first-order valence-electron chi connectivity index (χ1n) is 8.61. The summed E-state index contributed by atoms with van der Waals surface area (Å²) in [7, 11) is -14.5.